The van der Waals surface area contributed by atoms with Crippen LogP contribution in [0.5, 0.6) is 0 Å². The van der Waals surface area contributed by atoms with Crippen LogP contribution in [0.2, 0.25) is 0 Å². The Hall–Kier alpha value is -0.120. The van der Waals surface area contributed by atoms with E-state index in [2.05, 4.69) is 6.92 Å². The Morgan fingerprint density at radius 1 is 1.56 bits per heavy atom. The molecule has 0 aliphatic carbocycles. The van der Waals surface area contributed by atoms with E-state index in [1.165, 1.54) is 6.92 Å². The molecule has 0 fully saturated rings. The molecular weight excluding hydrogens is 120 g/mol. The average molecular weight is 133 g/mol. The Balaban J connectivity index is 3.43. The van der Waals surface area contributed by atoms with Gasteiger partial charge in [0, 0.05) is 13.5 Å². The molecule has 55 valence electrons. The van der Waals surface area contributed by atoms with Crippen molar-refractivity contribution < 1.29 is 14.6 Å². The fraction of sp³-hybridized carbons (Fsp3) is 0.833. The maximum Gasteiger partial charge on any atom is 0.277 e. The van der Waals surface area contributed by atoms with Crippen molar-refractivity contribution in [3.8, 4) is 0 Å². The van der Waals surface area contributed by atoms with Crippen LogP contribution in [0.1, 0.15) is 13.8 Å². The molecule has 0 aromatic heterocycles. The molecule has 9 heavy (non-hydrogen) atoms. The summed E-state index contributed by atoms with van der Waals surface area (Å²) < 4.78 is 9.46. The van der Waals surface area contributed by atoms with E-state index in [9.17, 15) is 0 Å². The largest absolute Gasteiger partial charge is 0.344 e. The van der Waals surface area contributed by atoms with Crippen molar-refractivity contribution in [2.24, 2.45) is 0 Å². The number of ether oxygens (including phenoxy) is 2. The second-order valence-corrected chi connectivity index (χ2v) is 1.68. The van der Waals surface area contributed by atoms with E-state index in [4.69, 9.17) is 14.6 Å². The summed E-state index contributed by atoms with van der Waals surface area (Å²) in [6.07, 6.45) is 0. The van der Waals surface area contributed by atoms with E-state index in [1.54, 1.807) is 6.92 Å². The Bertz CT molecular complexity index is 62.7. The summed E-state index contributed by atoms with van der Waals surface area (Å²) >= 11 is 0. The van der Waals surface area contributed by atoms with Crippen molar-refractivity contribution in [2.45, 2.75) is 19.8 Å². The summed E-state index contributed by atoms with van der Waals surface area (Å²) in [4.78, 5) is 0. The van der Waals surface area contributed by atoms with Gasteiger partial charge in [0.1, 0.15) is 0 Å². The third-order valence-electron chi connectivity index (χ3n) is 0.782. The van der Waals surface area contributed by atoms with E-state index in [0.29, 0.717) is 6.61 Å². The van der Waals surface area contributed by atoms with Crippen molar-refractivity contribution in [3.63, 3.8) is 0 Å². The average Bonchev–Trinajstić information content (AvgIpc) is 1.64. The van der Waals surface area contributed by atoms with Crippen LogP contribution >= 0.6 is 0 Å². The molecular formula is C6H13O3. The molecule has 0 aromatic rings. The molecule has 0 bridgehead atoms. The van der Waals surface area contributed by atoms with Gasteiger partial charge in [-0.2, -0.15) is 0 Å². The molecule has 1 N–H and O–H groups in total. The van der Waals surface area contributed by atoms with Crippen LogP contribution in [0, 0.1) is 6.92 Å². The summed E-state index contributed by atoms with van der Waals surface area (Å²) in [7, 11) is 0. The van der Waals surface area contributed by atoms with Gasteiger partial charge in [-0.05, 0) is 13.8 Å². The lowest BCUT2D eigenvalue weighted by Gasteiger charge is -2.21. The summed E-state index contributed by atoms with van der Waals surface area (Å²) in [5.41, 5.74) is 0. The highest BCUT2D eigenvalue weighted by molar-refractivity contribution is 4.42. The van der Waals surface area contributed by atoms with Crippen LogP contribution in [0.3, 0.4) is 0 Å². The molecule has 0 aliphatic rings. The number of hydrogen-bond donors (Lipinski definition) is 1. The molecule has 1 unspecified atom stereocenters. The number of aliphatic hydroxyl groups is 1. The van der Waals surface area contributed by atoms with Crippen LogP contribution in [0.4, 0.5) is 0 Å². The van der Waals surface area contributed by atoms with Gasteiger partial charge in [0.15, 0.2) is 0 Å². The molecule has 0 heterocycles. The molecule has 1 atom stereocenters. The van der Waals surface area contributed by atoms with Gasteiger partial charge in [-0.25, -0.2) is 0 Å². The fourth-order valence-electron chi connectivity index (χ4n) is 0.499. The van der Waals surface area contributed by atoms with Gasteiger partial charge < -0.3 is 14.6 Å². The first-order valence-electron chi connectivity index (χ1n) is 2.92. The SMILES string of the molecule is [CH2]COC(C)(O)OCC. The van der Waals surface area contributed by atoms with Crippen molar-refractivity contribution in [1.29, 1.82) is 0 Å². The maximum absolute atomic E-state index is 9.03. The zero-order chi connectivity index (χ0) is 7.33. The molecule has 3 heteroatoms. The molecule has 1 radical (unpaired) electrons. The zero-order valence-corrected chi connectivity index (χ0v) is 5.89. The Labute approximate surface area is 55.6 Å². The highest BCUT2D eigenvalue weighted by Crippen LogP contribution is 2.05. The van der Waals surface area contributed by atoms with Crippen LogP contribution < -0.4 is 0 Å². The first kappa shape index (κ1) is 8.88. The molecule has 0 spiro atoms. The molecule has 0 aliphatic heterocycles. The topological polar surface area (TPSA) is 38.7 Å². The predicted molar refractivity (Wildman–Crippen MR) is 33.6 cm³/mol. The summed E-state index contributed by atoms with van der Waals surface area (Å²) in [6, 6.07) is 0. The minimum Gasteiger partial charge on any atom is -0.344 e. The third-order valence-corrected chi connectivity index (χ3v) is 0.782. The lowest BCUT2D eigenvalue weighted by atomic mass is 10.6. The van der Waals surface area contributed by atoms with Crippen LogP contribution in [-0.2, 0) is 9.47 Å². The van der Waals surface area contributed by atoms with Gasteiger partial charge in [0.05, 0.1) is 6.61 Å². The number of rotatable bonds is 4. The molecule has 0 rings (SSSR count). The molecule has 3 nitrogen and oxygen atoms in total. The van der Waals surface area contributed by atoms with Gasteiger partial charge in [-0.3, -0.25) is 0 Å². The Kier molecular flexibility index (Phi) is 3.77. The van der Waals surface area contributed by atoms with Gasteiger partial charge >= 0.3 is 0 Å². The fourth-order valence-corrected chi connectivity index (χ4v) is 0.499. The van der Waals surface area contributed by atoms with Gasteiger partial charge in [-0.1, -0.05) is 0 Å². The third kappa shape index (κ3) is 4.39. The standard InChI is InChI=1S/C6H13O3/c1-4-8-6(3,7)9-5-2/h7H,1,4-5H2,2-3H3. The normalized spacial score (nSPS) is 12.0. The van der Waals surface area contributed by atoms with Gasteiger partial charge in [-0.15, -0.1) is 0 Å². The van der Waals surface area contributed by atoms with E-state index in [-0.39, 0.29) is 6.61 Å². The molecule has 0 aromatic carbocycles. The Morgan fingerprint density at radius 2 is 2.11 bits per heavy atom. The highest BCUT2D eigenvalue weighted by atomic mass is 16.8. The smallest absolute Gasteiger partial charge is 0.277 e. The second kappa shape index (κ2) is 3.82. The number of hydrogen-bond acceptors (Lipinski definition) is 3. The van der Waals surface area contributed by atoms with Crippen molar-refractivity contribution in [1.82, 2.24) is 0 Å². The van der Waals surface area contributed by atoms with E-state index >= 15 is 0 Å². The van der Waals surface area contributed by atoms with Crippen LogP contribution in [0.15, 0.2) is 0 Å². The quantitative estimate of drug-likeness (QED) is 0.569. The lowest BCUT2D eigenvalue weighted by molar-refractivity contribution is -0.343. The monoisotopic (exact) mass is 133 g/mol. The van der Waals surface area contributed by atoms with E-state index < -0.39 is 5.97 Å². The van der Waals surface area contributed by atoms with Gasteiger partial charge in [0.2, 0.25) is 0 Å². The van der Waals surface area contributed by atoms with Gasteiger partial charge in [0.25, 0.3) is 5.97 Å². The zero-order valence-electron chi connectivity index (χ0n) is 5.89. The lowest BCUT2D eigenvalue weighted by Crippen LogP contribution is -2.31. The van der Waals surface area contributed by atoms with E-state index in [0.717, 1.165) is 0 Å². The summed E-state index contributed by atoms with van der Waals surface area (Å²) in [5.74, 6) is -1.46. The highest BCUT2D eigenvalue weighted by Gasteiger charge is 2.18. The predicted octanol–water partition coefficient (Wildman–Crippen LogP) is 0.540. The second-order valence-electron chi connectivity index (χ2n) is 1.68. The maximum atomic E-state index is 9.03. The first-order chi connectivity index (χ1) is 4.12. The minimum atomic E-state index is -1.46. The Morgan fingerprint density at radius 3 is 2.44 bits per heavy atom. The van der Waals surface area contributed by atoms with Crippen molar-refractivity contribution in [2.75, 3.05) is 13.2 Å². The first-order valence-corrected chi connectivity index (χ1v) is 2.92. The summed E-state index contributed by atoms with van der Waals surface area (Å²) in [5, 5.41) is 9.03. The summed E-state index contributed by atoms with van der Waals surface area (Å²) in [6.45, 7) is 7.23. The molecule has 0 saturated heterocycles. The van der Waals surface area contributed by atoms with Crippen LogP contribution in [0.25, 0.3) is 0 Å². The van der Waals surface area contributed by atoms with Crippen molar-refractivity contribution in [3.05, 3.63) is 6.92 Å². The molecule has 0 saturated carbocycles. The minimum absolute atomic E-state index is 0.201. The molecule has 0 amide bonds. The van der Waals surface area contributed by atoms with Crippen molar-refractivity contribution >= 4 is 0 Å². The van der Waals surface area contributed by atoms with Crippen LogP contribution in [-0.4, -0.2) is 24.3 Å². The van der Waals surface area contributed by atoms with E-state index in [1.807, 2.05) is 0 Å².